The zero-order chi connectivity index (χ0) is 19.7. The number of amides is 2. The molecular weight excluding hydrogens is 387 g/mol. The third kappa shape index (κ3) is 4.41. The minimum Gasteiger partial charge on any atom is -0.459 e. The van der Waals surface area contributed by atoms with E-state index in [1.165, 1.54) is 0 Å². The highest BCUT2D eigenvalue weighted by atomic mass is 35.5. The Hall–Kier alpha value is -1.72. The van der Waals surface area contributed by atoms with Crippen LogP contribution >= 0.6 is 23.2 Å². The number of ether oxygens (including phenoxy) is 1. The van der Waals surface area contributed by atoms with E-state index >= 15 is 0 Å². The molecule has 0 saturated heterocycles. The van der Waals surface area contributed by atoms with Gasteiger partial charge in [0.15, 0.2) is 0 Å². The van der Waals surface area contributed by atoms with E-state index < -0.39 is 12.0 Å². The minimum atomic E-state index is -0.638. The fourth-order valence-electron chi connectivity index (χ4n) is 3.73. The molecule has 1 aromatic carbocycles. The van der Waals surface area contributed by atoms with Gasteiger partial charge < -0.3 is 15.4 Å². The smallest absolute Gasteiger partial charge is 0.338 e. The highest BCUT2D eigenvalue weighted by molar-refractivity contribution is 6.42. The van der Waals surface area contributed by atoms with Crippen LogP contribution in [0.2, 0.25) is 10.0 Å². The summed E-state index contributed by atoms with van der Waals surface area (Å²) < 4.78 is 5.81. The van der Waals surface area contributed by atoms with Crippen LogP contribution in [-0.2, 0) is 9.53 Å². The normalized spacial score (nSPS) is 28.4. The summed E-state index contributed by atoms with van der Waals surface area (Å²) in [4.78, 5) is 25.0. The predicted molar refractivity (Wildman–Crippen MR) is 106 cm³/mol. The first-order valence-corrected chi connectivity index (χ1v) is 9.96. The molecule has 0 spiro atoms. The summed E-state index contributed by atoms with van der Waals surface area (Å²) in [5, 5.41) is 6.22. The van der Waals surface area contributed by atoms with Crippen LogP contribution in [0.5, 0.6) is 0 Å². The topological polar surface area (TPSA) is 67.4 Å². The average molecular weight is 411 g/mol. The van der Waals surface area contributed by atoms with E-state index in [2.05, 4.69) is 24.5 Å². The van der Waals surface area contributed by atoms with Crippen LogP contribution in [0.1, 0.15) is 51.6 Å². The maximum absolute atomic E-state index is 13.0. The first-order valence-electron chi connectivity index (χ1n) is 9.20. The third-order valence-electron chi connectivity index (χ3n) is 5.59. The van der Waals surface area contributed by atoms with Gasteiger partial charge in [0.1, 0.15) is 6.10 Å². The molecule has 1 aliphatic carbocycles. The van der Waals surface area contributed by atoms with E-state index in [1.807, 2.05) is 0 Å². The zero-order valence-electron chi connectivity index (χ0n) is 15.6. The number of rotatable bonds is 3. The van der Waals surface area contributed by atoms with Crippen molar-refractivity contribution < 1.29 is 14.3 Å². The number of esters is 1. The fraction of sp³-hybridized carbons (Fsp3) is 0.500. The number of hydrogen-bond donors (Lipinski definition) is 2. The van der Waals surface area contributed by atoms with Crippen molar-refractivity contribution in [2.75, 3.05) is 0 Å². The molecule has 4 atom stereocenters. The van der Waals surface area contributed by atoms with E-state index in [4.69, 9.17) is 27.9 Å². The molecule has 1 fully saturated rings. The second kappa shape index (κ2) is 8.11. The Morgan fingerprint density at radius 3 is 2.56 bits per heavy atom. The van der Waals surface area contributed by atoms with Gasteiger partial charge in [-0.1, -0.05) is 43.1 Å². The largest absolute Gasteiger partial charge is 0.459 e. The standard InChI is InChI=1S/C20H24Cl2N2O3/c1-10-4-6-14(8-11(10)2)27-19(25)17-12(3)23-20(26)24-18(17)13-5-7-15(21)16(22)9-13/h5,7,9-11,14,18H,4,6,8H2,1-3H3,(H2,23,24,26)/t10-,11+,14+,18-/m1/s1. The Morgan fingerprint density at radius 1 is 1.15 bits per heavy atom. The lowest BCUT2D eigenvalue weighted by Crippen LogP contribution is -2.45. The molecule has 27 heavy (non-hydrogen) atoms. The van der Waals surface area contributed by atoms with Gasteiger partial charge in [-0.15, -0.1) is 0 Å². The molecular formula is C20H24Cl2N2O3. The van der Waals surface area contributed by atoms with Gasteiger partial charge in [0.05, 0.1) is 21.7 Å². The molecule has 146 valence electrons. The molecule has 2 N–H and O–H groups in total. The molecule has 1 heterocycles. The molecule has 0 aromatic heterocycles. The van der Waals surface area contributed by atoms with Crippen LogP contribution in [0.3, 0.4) is 0 Å². The summed E-state index contributed by atoms with van der Waals surface area (Å²) in [6.07, 6.45) is 2.66. The highest BCUT2D eigenvalue weighted by Crippen LogP contribution is 2.34. The highest BCUT2D eigenvalue weighted by Gasteiger charge is 2.35. The number of benzene rings is 1. The molecule has 1 saturated carbocycles. The molecule has 0 unspecified atom stereocenters. The van der Waals surface area contributed by atoms with Crippen molar-refractivity contribution in [2.45, 2.75) is 52.2 Å². The molecule has 7 heteroatoms. The number of nitrogens with one attached hydrogen (secondary N) is 2. The second-order valence-electron chi connectivity index (χ2n) is 7.54. The van der Waals surface area contributed by atoms with E-state index in [9.17, 15) is 9.59 Å². The lowest BCUT2D eigenvalue weighted by molar-refractivity contribution is -0.147. The molecule has 2 amide bonds. The summed E-state index contributed by atoms with van der Waals surface area (Å²) in [5.41, 5.74) is 1.55. The maximum atomic E-state index is 13.0. The minimum absolute atomic E-state index is 0.101. The fourth-order valence-corrected chi connectivity index (χ4v) is 4.03. The van der Waals surface area contributed by atoms with Crippen molar-refractivity contribution in [3.63, 3.8) is 0 Å². The first kappa shape index (κ1) is 20.0. The Balaban J connectivity index is 1.85. The van der Waals surface area contributed by atoms with Gasteiger partial charge in [0, 0.05) is 5.70 Å². The van der Waals surface area contributed by atoms with Crippen molar-refractivity contribution in [2.24, 2.45) is 11.8 Å². The SMILES string of the molecule is CC1=C(C(=O)O[C@H]2CC[C@@H](C)[C@@H](C)C2)[C@@H](c2ccc(Cl)c(Cl)c2)NC(=O)N1. The van der Waals surface area contributed by atoms with Gasteiger partial charge in [-0.05, 0) is 55.7 Å². The number of halogens is 2. The van der Waals surface area contributed by atoms with Crippen molar-refractivity contribution in [3.05, 3.63) is 45.1 Å². The Labute approximate surface area is 169 Å². The lowest BCUT2D eigenvalue weighted by atomic mass is 9.80. The summed E-state index contributed by atoms with van der Waals surface area (Å²) in [6, 6.07) is 4.04. The monoisotopic (exact) mass is 410 g/mol. The molecule has 1 aliphatic heterocycles. The third-order valence-corrected chi connectivity index (χ3v) is 6.33. The first-order chi connectivity index (χ1) is 12.8. The van der Waals surface area contributed by atoms with Crippen LogP contribution in [0.25, 0.3) is 0 Å². The maximum Gasteiger partial charge on any atom is 0.338 e. The van der Waals surface area contributed by atoms with E-state index in [-0.39, 0.29) is 12.1 Å². The van der Waals surface area contributed by atoms with Gasteiger partial charge in [-0.3, -0.25) is 0 Å². The van der Waals surface area contributed by atoms with Crippen molar-refractivity contribution >= 4 is 35.2 Å². The number of hydrogen-bond acceptors (Lipinski definition) is 3. The number of carbonyl (C=O) groups excluding carboxylic acids is 2. The van der Waals surface area contributed by atoms with Crippen LogP contribution in [0.4, 0.5) is 4.79 Å². The van der Waals surface area contributed by atoms with Crippen molar-refractivity contribution in [1.29, 1.82) is 0 Å². The van der Waals surface area contributed by atoms with Crippen molar-refractivity contribution in [1.82, 2.24) is 10.6 Å². The van der Waals surface area contributed by atoms with E-state index in [1.54, 1.807) is 25.1 Å². The summed E-state index contributed by atoms with van der Waals surface area (Å²) in [6.45, 7) is 6.12. The van der Waals surface area contributed by atoms with Crippen LogP contribution in [0, 0.1) is 11.8 Å². The molecule has 1 aromatic rings. The number of carbonyl (C=O) groups is 2. The summed E-state index contributed by atoms with van der Waals surface area (Å²) >= 11 is 12.1. The quantitative estimate of drug-likeness (QED) is 0.689. The Kier molecular flexibility index (Phi) is 6.02. The lowest BCUT2D eigenvalue weighted by Gasteiger charge is -2.33. The number of allylic oxidation sites excluding steroid dienone is 1. The molecule has 2 aliphatic rings. The van der Waals surface area contributed by atoms with Gasteiger partial charge in [0.2, 0.25) is 0 Å². The van der Waals surface area contributed by atoms with Gasteiger partial charge in [0.25, 0.3) is 0 Å². The van der Waals surface area contributed by atoms with E-state index in [0.29, 0.717) is 38.7 Å². The predicted octanol–water partition coefficient (Wildman–Crippen LogP) is 4.99. The van der Waals surface area contributed by atoms with Gasteiger partial charge in [-0.25, -0.2) is 9.59 Å². The summed E-state index contributed by atoms with van der Waals surface area (Å²) in [5.74, 6) is 0.741. The van der Waals surface area contributed by atoms with Gasteiger partial charge >= 0.3 is 12.0 Å². The van der Waals surface area contributed by atoms with Gasteiger partial charge in [-0.2, -0.15) is 0 Å². The van der Waals surface area contributed by atoms with Crippen LogP contribution in [-0.4, -0.2) is 18.1 Å². The Morgan fingerprint density at radius 2 is 1.89 bits per heavy atom. The molecule has 0 radical (unpaired) electrons. The van der Waals surface area contributed by atoms with Crippen molar-refractivity contribution in [3.8, 4) is 0 Å². The second-order valence-corrected chi connectivity index (χ2v) is 8.35. The van der Waals surface area contributed by atoms with E-state index in [0.717, 1.165) is 19.3 Å². The zero-order valence-corrected chi connectivity index (χ0v) is 17.2. The molecule has 5 nitrogen and oxygen atoms in total. The molecule has 0 bridgehead atoms. The summed E-state index contributed by atoms with van der Waals surface area (Å²) in [7, 11) is 0. The molecule has 3 rings (SSSR count). The van der Waals surface area contributed by atoms with Crippen LogP contribution < -0.4 is 10.6 Å². The van der Waals surface area contributed by atoms with Crippen LogP contribution in [0.15, 0.2) is 29.5 Å². The average Bonchev–Trinajstić information content (AvgIpc) is 2.59. The Bertz CT molecular complexity index is 793. The number of urea groups is 1.